The number of hydrogen-bond acceptors (Lipinski definition) is 4. The van der Waals surface area contributed by atoms with Gasteiger partial charge in [0.2, 0.25) is 0 Å². The number of halogens is 1. The Balaban J connectivity index is 1.57. The summed E-state index contributed by atoms with van der Waals surface area (Å²) in [7, 11) is 2.15. The van der Waals surface area contributed by atoms with E-state index in [9.17, 15) is 4.79 Å². The molecule has 1 aliphatic rings. The van der Waals surface area contributed by atoms with Crippen molar-refractivity contribution in [3.05, 3.63) is 64.8 Å². The molecule has 1 N–H and O–H groups in total. The summed E-state index contributed by atoms with van der Waals surface area (Å²) < 4.78 is 0. The van der Waals surface area contributed by atoms with Gasteiger partial charge in [-0.2, -0.15) is 0 Å². The van der Waals surface area contributed by atoms with Crippen LogP contribution in [0.15, 0.2) is 48.5 Å². The highest BCUT2D eigenvalue weighted by atomic mass is 35.5. The zero-order chi connectivity index (χ0) is 19.7. The fourth-order valence-electron chi connectivity index (χ4n) is 3.57. The van der Waals surface area contributed by atoms with Gasteiger partial charge in [-0.1, -0.05) is 29.8 Å². The van der Waals surface area contributed by atoms with Crippen molar-refractivity contribution in [1.29, 1.82) is 0 Å². The van der Waals surface area contributed by atoms with Crippen LogP contribution in [-0.2, 0) is 0 Å². The number of rotatable bonds is 3. The molecule has 1 fully saturated rings. The number of carbonyl (C=O) groups excluding carboxylic acids is 1. The van der Waals surface area contributed by atoms with Crippen molar-refractivity contribution in [1.82, 2.24) is 9.88 Å². The maximum atomic E-state index is 12.9. The standard InChI is InChI=1S/C22H23ClN4O/c1-15-13-16(27-11-9-26(2)10-12-27)7-8-19(15)25-22(28)18-14-21(23)24-20-6-4-3-5-17(18)20/h3-8,13-14H,9-12H2,1-2H3,(H,25,28). The second kappa shape index (κ2) is 7.78. The van der Waals surface area contributed by atoms with E-state index in [1.54, 1.807) is 6.07 Å². The molecule has 1 saturated heterocycles. The third-order valence-electron chi connectivity index (χ3n) is 5.26. The molecule has 28 heavy (non-hydrogen) atoms. The monoisotopic (exact) mass is 394 g/mol. The Morgan fingerprint density at radius 3 is 2.57 bits per heavy atom. The molecule has 1 aliphatic heterocycles. The summed E-state index contributed by atoms with van der Waals surface area (Å²) in [6, 6.07) is 15.3. The average molecular weight is 395 g/mol. The fraction of sp³-hybridized carbons (Fsp3) is 0.273. The number of anilines is 2. The van der Waals surface area contributed by atoms with Gasteiger partial charge >= 0.3 is 0 Å². The first-order valence-electron chi connectivity index (χ1n) is 9.42. The smallest absolute Gasteiger partial charge is 0.256 e. The van der Waals surface area contributed by atoms with Crippen LogP contribution in [0, 0.1) is 6.92 Å². The van der Waals surface area contributed by atoms with E-state index in [2.05, 4.69) is 39.3 Å². The Bertz CT molecular complexity index is 1030. The molecule has 1 aromatic heterocycles. The number of nitrogens with zero attached hydrogens (tertiary/aromatic N) is 3. The van der Waals surface area contributed by atoms with Crippen molar-refractivity contribution in [2.45, 2.75) is 6.92 Å². The lowest BCUT2D eigenvalue weighted by Crippen LogP contribution is -2.44. The van der Waals surface area contributed by atoms with E-state index in [1.165, 1.54) is 5.69 Å². The molecule has 4 rings (SSSR count). The number of hydrogen-bond donors (Lipinski definition) is 1. The average Bonchev–Trinajstić information content (AvgIpc) is 2.69. The zero-order valence-corrected chi connectivity index (χ0v) is 16.8. The number of nitrogens with one attached hydrogen (secondary N) is 1. The van der Waals surface area contributed by atoms with Gasteiger partial charge in [-0.15, -0.1) is 0 Å². The first-order chi connectivity index (χ1) is 13.5. The number of aryl methyl sites for hydroxylation is 1. The number of likely N-dealkylation sites (N-methyl/N-ethyl adjacent to an activating group) is 1. The molecule has 3 aromatic rings. The molecule has 0 saturated carbocycles. The van der Waals surface area contributed by atoms with E-state index in [-0.39, 0.29) is 5.91 Å². The van der Waals surface area contributed by atoms with Crippen LogP contribution in [0.2, 0.25) is 5.15 Å². The molecule has 0 radical (unpaired) electrons. The molecule has 2 aromatic carbocycles. The van der Waals surface area contributed by atoms with E-state index in [0.29, 0.717) is 16.2 Å². The van der Waals surface area contributed by atoms with Crippen molar-refractivity contribution in [3.63, 3.8) is 0 Å². The lowest BCUT2D eigenvalue weighted by Gasteiger charge is -2.34. The molecule has 144 valence electrons. The van der Waals surface area contributed by atoms with Crippen LogP contribution in [0.4, 0.5) is 11.4 Å². The lowest BCUT2D eigenvalue weighted by atomic mass is 10.1. The molecule has 0 unspecified atom stereocenters. The van der Waals surface area contributed by atoms with Gasteiger partial charge in [-0.05, 0) is 49.9 Å². The van der Waals surface area contributed by atoms with Gasteiger partial charge in [0.15, 0.2) is 0 Å². The molecule has 0 spiro atoms. The number of piperazine rings is 1. The topological polar surface area (TPSA) is 48.5 Å². The van der Waals surface area contributed by atoms with Gasteiger partial charge in [0, 0.05) is 42.9 Å². The normalized spacial score (nSPS) is 15.0. The second-order valence-electron chi connectivity index (χ2n) is 7.25. The number of aromatic nitrogens is 1. The van der Waals surface area contributed by atoms with Crippen LogP contribution in [0.5, 0.6) is 0 Å². The fourth-order valence-corrected chi connectivity index (χ4v) is 3.77. The number of amides is 1. The summed E-state index contributed by atoms with van der Waals surface area (Å²) in [5.74, 6) is -0.184. The molecule has 1 amide bonds. The molecule has 0 atom stereocenters. The van der Waals surface area contributed by atoms with Crippen molar-refractivity contribution in [3.8, 4) is 0 Å². The van der Waals surface area contributed by atoms with Gasteiger partial charge < -0.3 is 15.1 Å². The summed E-state index contributed by atoms with van der Waals surface area (Å²) in [6.07, 6.45) is 0. The number of pyridine rings is 1. The van der Waals surface area contributed by atoms with E-state index in [0.717, 1.165) is 42.8 Å². The van der Waals surface area contributed by atoms with Gasteiger partial charge in [0.05, 0.1) is 11.1 Å². The summed E-state index contributed by atoms with van der Waals surface area (Å²) in [4.78, 5) is 21.9. The minimum atomic E-state index is -0.184. The number of benzene rings is 2. The minimum absolute atomic E-state index is 0.184. The summed E-state index contributed by atoms with van der Waals surface area (Å²) >= 11 is 6.12. The molecule has 0 bridgehead atoms. The van der Waals surface area contributed by atoms with Crippen LogP contribution < -0.4 is 10.2 Å². The van der Waals surface area contributed by atoms with E-state index < -0.39 is 0 Å². The number of fused-ring (bicyclic) bond motifs is 1. The maximum Gasteiger partial charge on any atom is 0.256 e. The number of carbonyl (C=O) groups is 1. The predicted octanol–water partition coefficient (Wildman–Crippen LogP) is 4.20. The zero-order valence-electron chi connectivity index (χ0n) is 16.1. The lowest BCUT2D eigenvalue weighted by molar-refractivity contribution is 0.102. The van der Waals surface area contributed by atoms with Crippen LogP contribution in [0.1, 0.15) is 15.9 Å². The Hall–Kier alpha value is -2.63. The highest BCUT2D eigenvalue weighted by molar-refractivity contribution is 6.30. The second-order valence-corrected chi connectivity index (χ2v) is 7.64. The van der Waals surface area contributed by atoms with E-state index >= 15 is 0 Å². The molecule has 5 nitrogen and oxygen atoms in total. The Kier molecular flexibility index (Phi) is 5.20. The van der Waals surface area contributed by atoms with Crippen molar-refractivity contribution in [2.24, 2.45) is 0 Å². The highest BCUT2D eigenvalue weighted by Crippen LogP contribution is 2.26. The molecule has 2 heterocycles. The van der Waals surface area contributed by atoms with Crippen LogP contribution in [0.25, 0.3) is 10.9 Å². The predicted molar refractivity (Wildman–Crippen MR) is 116 cm³/mol. The molecular formula is C22H23ClN4O. The van der Waals surface area contributed by atoms with Crippen molar-refractivity contribution >= 4 is 39.8 Å². The largest absolute Gasteiger partial charge is 0.369 e. The molecular weight excluding hydrogens is 372 g/mol. The Morgan fingerprint density at radius 2 is 1.82 bits per heavy atom. The Labute approximate surface area is 169 Å². The van der Waals surface area contributed by atoms with Crippen LogP contribution in [-0.4, -0.2) is 49.0 Å². The SMILES string of the molecule is Cc1cc(N2CCN(C)CC2)ccc1NC(=O)c1cc(Cl)nc2ccccc12. The van der Waals surface area contributed by atoms with E-state index in [4.69, 9.17) is 11.6 Å². The quantitative estimate of drug-likeness (QED) is 0.676. The number of para-hydroxylation sites is 1. The first kappa shape index (κ1) is 18.7. The van der Waals surface area contributed by atoms with Crippen molar-refractivity contribution in [2.75, 3.05) is 43.4 Å². The van der Waals surface area contributed by atoms with Crippen LogP contribution >= 0.6 is 11.6 Å². The van der Waals surface area contributed by atoms with Crippen molar-refractivity contribution < 1.29 is 4.79 Å². The molecule has 6 heteroatoms. The third kappa shape index (κ3) is 3.81. The van der Waals surface area contributed by atoms with Gasteiger partial charge in [0.1, 0.15) is 5.15 Å². The van der Waals surface area contributed by atoms with E-state index in [1.807, 2.05) is 37.3 Å². The van der Waals surface area contributed by atoms with Gasteiger partial charge in [-0.25, -0.2) is 4.98 Å². The first-order valence-corrected chi connectivity index (χ1v) is 9.80. The summed E-state index contributed by atoms with van der Waals surface area (Å²) in [6.45, 7) is 6.18. The Morgan fingerprint density at radius 1 is 1.07 bits per heavy atom. The van der Waals surface area contributed by atoms with Gasteiger partial charge in [-0.3, -0.25) is 4.79 Å². The minimum Gasteiger partial charge on any atom is -0.369 e. The highest BCUT2D eigenvalue weighted by Gasteiger charge is 2.17. The molecule has 0 aliphatic carbocycles. The maximum absolute atomic E-state index is 12.9. The third-order valence-corrected chi connectivity index (χ3v) is 5.45. The van der Waals surface area contributed by atoms with Crippen LogP contribution in [0.3, 0.4) is 0 Å². The summed E-state index contributed by atoms with van der Waals surface area (Å²) in [5.41, 5.74) is 4.27. The van der Waals surface area contributed by atoms with Gasteiger partial charge in [0.25, 0.3) is 5.91 Å². The summed E-state index contributed by atoms with van der Waals surface area (Å²) in [5, 5.41) is 4.13.